The molecular formula is C7H6IN3. The number of aromatic nitrogens is 3. The van der Waals surface area contributed by atoms with Crippen molar-refractivity contribution in [3.8, 4) is 0 Å². The summed E-state index contributed by atoms with van der Waals surface area (Å²) in [6, 6.07) is 2.05. The number of rotatable bonds is 0. The van der Waals surface area contributed by atoms with E-state index >= 15 is 0 Å². The summed E-state index contributed by atoms with van der Waals surface area (Å²) < 4.78 is 3.08. The van der Waals surface area contributed by atoms with Crippen LogP contribution in [0.25, 0.3) is 5.65 Å². The standard InChI is InChI=1S/C7H6IN3/c1-5-2-3-11-4-9-10-7(11)6(5)8/h2-4H,1H3. The molecule has 2 heterocycles. The number of pyridine rings is 1. The molecule has 0 atom stereocenters. The first-order chi connectivity index (χ1) is 5.29. The van der Waals surface area contributed by atoms with Gasteiger partial charge in [0.1, 0.15) is 6.33 Å². The lowest BCUT2D eigenvalue weighted by Crippen LogP contribution is -1.88. The molecule has 0 saturated carbocycles. The summed E-state index contributed by atoms with van der Waals surface area (Å²) in [6.45, 7) is 2.07. The molecule has 0 aliphatic carbocycles. The zero-order valence-corrected chi connectivity index (χ0v) is 8.11. The number of aryl methyl sites for hydroxylation is 1. The van der Waals surface area contributed by atoms with Gasteiger partial charge in [0.25, 0.3) is 0 Å². The Morgan fingerprint density at radius 2 is 2.36 bits per heavy atom. The maximum absolute atomic E-state index is 3.98. The molecule has 2 aromatic heterocycles. The lowest BCUT2D eigenvalue weighted by Gasteiger charge is -1.97. The SMILES string of the molecule is Cc1ccn2cnnc2c1I. The Hall–Kier alpha value is -0.650. The van der Waals surface area contributed by atoms with Gasteiger partial charge in [0.05, 0.1) is 3.57 Å². The van der Waals surface area contributed by atoms with Gasteiger partial charge >= 0.3 is 0 Å². The number of hydrogen-bond donors (Lipinski definition) is 0. The Balaban J connectivity index is 2.93. The van der Waals surface area contributed by atoms with Crippen molar-refractivity contribution in [1.29, 1.82) is 0 Å². The lowest BCUT2D eigenvalue weighted by atomic mass is 10.3. The van der Waals surface area contributed by atoms with Crippen molar-refractivity contribution in [2.75, 3.05) is 0 Å². The van der Waals surface area contributed by atoms with Crippen LogP contribution in [0.1, 0.15) is 5.56 Å². The van der Waals surface area contributed by atoms with E-state index in [-0.39, 0.29) is 0 Å². The molecule has 0 aromatic carbocycles. The Bertz CT molecular complexity index is 393. The van der Waals surface area contributed by atoms with E-state index in [1.54, 1.807) is 6.33 Å². The minimum absolute atomic E-state index is 0.936. The molecule has 0 aliphatic heterocycles. The maximum atomic E-state index is 3.98. The van der Waals surface area contributed by atoms with Gasteiger partial charge in [0.2, 0.25) is 0 Å². The summed E-state index contributed by atoms with van der Waals surface area (Å²) in [4.78, 5) is 0. The highest BCUT2D eigenvalue weighted by atomic mass is 127. The van der Waals surface area contributed by atoms with Crippen molar-refractivity contribution in [3.63, 3.8) is 0 Å². The van der Waals surface area contributed by atoms with Crippen LogP contribution in [0.5, 0.6) is 0 Å². The second-order valence-electron chi connectivity index (χ2n) is 2.37. The predicted octanol–water partition coefficient (Wildman–Crippen LogP) is 1.64. The van der Waals surface area contributed by atoms with Crippen LogP contribution >= 0.6 is 22.6 Å². The van der Waals surface area contributed by atoms with E-state index < -0.39 is 0 Å². The summed E-state index contributed by atoms with van der Waals surface area (Å²) in [5.41, 5.74) is 2.18. The van der Waals surface area contributed by atoms with E-state index in [1.807, 2.05) is 10.6 Å². The lowest BCUT2D eigenvalue weighted by molar-refractivity contribution is 1.10. The average molecular weight is 259 g/mol. The van der Waals surface area contributed by atoms with Crippen LogP contribution in [0.4, 0.5) is 0 Å². The maximum Gasteiger partial charge on any atom is 0.174 e. The van der Waals surface area contributed by atoms with E-state index in [1.165, 1.54) is 9.13 Å². The van der Waals surface area contributed by atoms with E-state index in [2.05, 4.69) is 45.8 Å². The molecule has 0 bridgehead atoms. The molecule has 4 heteroatoms. The summed E-state index contributed by atoms with van der Waals surface area (Å²) in [7, 11) is 0. The fourth-order valence-electron chi connectivity index (χ4n) is 0.950. The van der Waals surface area contributed by atoms with Gasteiger partial charge in [-0.25, -0.2) is 0 Å². The second-order valence-corrected chi connectivity index (χ2v) is 3.45. The largest absolute Gasteiger partial charge is 0.288 e. The highest BCUT2D eigenvalue weighted by molar-refractivity contribution is 14.1. The normalized spacial score (nSPS) is 10.7. The van der Waals surface area contributed by atoms with Crippen LogP contribution in [0.15, 0.2) is 18.6 Å². The Morgan fingerprint density at radius 1 is 1.55 bits per heavy atom. The number of hydrogen-bond acceptors (Lipinski definition) is 2. The smallest absolute Gasteiger partial charge is 0.174 e. The fourth-order valence-corrected chi connectivity index (χ4v) is 1.52. The van der Waals surface area contributed by atoms with E-state index in [4.69, 9.17) is 0 Å². The highest BCUT2D eigenvalue weighted by Crippen LogP contribution is 2.14. The van der Waals surface area contributed by atoms with Crippen LogP contribution in [-0.4, -0.2) is 14.6 Å². The molecule has 11 heavy (non-hydrogen) atoms. The van der Waals surface area contributed by atoms with Gasteiger partial charge in [0, 0.05) is 6.20 Å². The van der Waals surface area contributed by atoms with Gasteiger partial charge < -0.3 is 0 Å². The number of fused-ring (bicyclic) bond motifs is 1. The fraction of sp³-hybridized carbons (Fsp3) is 0.143. The van der Waals surface area contributed by atoms with E-state index in [9.17, 15) is 0 Å². The molecule has 0 radical (unpaired) electrons. The topological polar surface area (TPSA) is 30.2 Å². The van der Waals surface area contributed by atoms with Crippen molar-refractivity contribution in [3.05, 3.63) is 27.7 Å². The molecule has 0 unspecified atom stereocenters. The molecule has 2 rings (SSSR count). The Morgan fingerprint density at radius 3 is 3.18 bits per heavy atom. The summed E-state index contributed by atoms with van der Waals surface area (Å²) in [5.74, 6) is 0. The quantitative estimate of drug-likeness (QED) is 0.673. The highest BCUT2D eigenvalue weighted by Gasteiger charge is 2.01. The van der Waals surface area contributed by atoms with Gasteiger partial charge in [-0.1, -0.05) is 0 Å². The first kappa shape index (κ1) is 7.02. The third-order valence-electron chi connectivity index (χ3n) is 1.60. The summed E-state index contributed by atoms with van der Waals surface area (Å²) in [6.07, 6.45) is 3.67. The second kappa shape index (κ2) is 2.44. The number of nitrogens with zero attached hydrogens (tertiary/aromatic N) is 3. The average Bonchev–Trinajstić information content (AvgIpc) is 2.45. The molecule has 56 valence electrons. The van der Waals surface area contributed by atoms with Gasteiger partial charge in [-0.2, -0.15) is 0 Å². The van der Waals surface area contributed by atoms with Crippen molar-refractivity contribution < 1.29 is 0 Å². The van der Waals surface area contributed by atoms with Crippen LogP contribution in [0.2, 0.25) is 0 Å². The number of halogens is 1. The minimum atomic E-state index is 0.936. The molecule has 0 aliphatic rings. The third-order valence-corrected chi connectivity index (χ3v) is 2.93. The summed E-state index contributed by atoms with van der Waals surface area (Å²) >= 11 is 2.28. The van der Waals surface area contributed by atoms with Crippen molar-refractivity contribution >= 4 is 28.2 Å². The summed E-state index contributed by atoms with van der Waals surface area (Å²) in [5, 5.41) is 7.80. The van der Waals surface area contributed by atoms with E-state index in [0.717, 1.165) is 5.65 Å². The molecule has 0 spiro atoms. The van der Waals surface area contributed by atoms with Gasteiger partial charge in [0.15, 0.2) is 5.65 Å². The zero-order chi connectivity index (χ0) is 7.84. The van der Waals surface area contributed by atoms with Crippen LogP contribution < -0.4 is 0 Å². The van der Waals surface area contributed by atoms with Crippen LogP contribution in [0.3, 0.4) is 0 Å². The Kier molecular flexibility index (Phi) is 1.56. The molecular weight excluding hydrogens is 253 g/mol. The van der Waals surface area contributed by atoms with Crippen molar-refractivity contribution in [1.82, 2.24) is 14.6 Å². The van der Waals surface area contributed by atoms with Crippen LogP contribution in [-0.2, 0) is 0 Å². The molecule has 2 aromatic rings. The van der Waals surface area contributed by atoms with Gasteiger partial charge in [-0.15, -0.1) is 10.2 Å². The molecule has 0 fully saturated rings. The molecule has 0 N–H and O–H groups in total. The Labute approximate surface area is 77.6 Å². The molecule has 3 nitrogen and oxygen atoms in total. The molecule has 0 amide bonds. The van der Waals surface area contributed by atoms with Crippen molar-refractivity contribution in [2.45, 2.75) is 6.92 Å². The van der Waals surface area contributed by atoms with Gasteiger partial charge in [-0.3, -0.25) is 4.40 Å². The van der Waals surface area contributed by atoms with E-state index in [0.29, 0.717) is 0 Å². The monoisotopic (exact) mass is 259 g/mol. The van der Waals surface area contributed by atoms with Gasteiger partial charge in [-0.05, 0) is 41.1 Å². The third kappa shape index (κ3) is 1.01. The first-order valence-corrected chi connectivity index (χ1v) is 4.31. The first-order valence-electron chi connectivity index (χ1n) is 3.23. The molecule has 0 saturated heterocycles. The zero-order valence-electron chi connectivity index (χ0n) is 5.95. The predicted molar refractivity (Wildman–Crippen MR) is 50.4 cm³/mol. The van der Waals surface area contributed by atoms with Crippen molar-refractivity contribution in [2.24, 2.45) is 0 Å². The minimum Gasteiger partial charge on any atom is -0.288 e. The van der Waals surface area contributed by atoms with Crippen LogP contribution in [0, 0.1) is 10.5 Å².